The molecule has 0 saturated heterocycles. The van der Waals surface area contributed by atoms with Crippen molar-refractivity contribution in [1.82, 2.24) is 9.55 Å². The average Bonchev–Trinajstić information content (AvgIpc) is 2.70. The molecule has 0 amide bonds. The van der Waals surface area contributed by atoms with Crippen LogP contribution in [0.2, 0.25) is 0 Å². The molecule has 1 N–H and O–H groups in total. The molecule has 2 aromatic heterocycles. The summed E-state index contributed by atoms with van der Waals surface area (Å²) in [5.41, 5.74) is 1.03. The third-order valence-electron chi connectivity index (χ3n) is 2.05. The largest absolute Gasteiger partial charge is 0.351 e. The van der Waals surface area contributed by atoms with Gasteiger partial charge in [-0.2, -0.15) is 0 Å². The number of hydrogen-bond acceptors (Lipinski definition) is 3. The van der Waals surface area contributed by atoms with Gasteiger partial charge in [0.2, 0.25) is 5.95 Å². The van der Waals surface area contributed by atoms with Crippen molar-refractivity contribution in [3.63, 3.8) is 0 Å². The lowest BCUT2D eigenvalue weighted by molar-refractivity contribution is 0.902. The van der Waals surface area contributed by atoms with Gasteiger partial charge in [0.1, 0.15) is 0 Å². The molecule has 15 heavy (non-hydrogen) atoms. The maximum atomic E-state index is 4.38. The molecule has 2 heterocycles. The summed E-state index contributed by atoms with van der Waals surface area (Å²) in [5, 5.41) is 3.30. The number of aryl methyl sites for hydroxylation is 2. The molecule has 0 aromatic carbocycles. The summed E-state index contributed by atoms with van der Waals surface area (Å²) < 4.78 is 3.16. The second kappa shape index (κ2) is 4.37. The van der Waals surface area contributed by atoms with E-state index in [9.17, 15) is 0 Å². The molecule has 0 aliphatic heterocycles. The maximum absolute atomic E-state index is 4.38. The molecular formula is C10H12BrN3S. The van der Waals surface area contributed by atoms with Crippen LogP contribution < -0.4 is 5.32 Å². The van der Waals surface area contributed by atoms with Crippen molar-refractivity contribution < 1.29 is 0 Å². The summed E-state index contributed by atoms with van der Waals surface area (Å²) in [6, 6.07) is 4.17. The van der Waals surface area contributed by atoms with Crippen molar-refractivity contribution >= 4 is 33.2 Å². The predicted octanol–water partition coefficient (Wildman–Crippen LogP) is 3.16. The Kier molecular flexibility index (Phi) is 3.11. The van der Waals surface area contributed by atoms with Crippen LogP contribution >= 0.6 is 27.3 Å². The van der Waals surface area contributed by atoms with E-state index >= 15 is 0 Å². The van der Waals surface area contributed by atoms with E-state index in [0.717, 1.165) is 22.0 Å². The van der Waals surface area contributed by atoms with Gasteiger partial charge in [0, 0.05) is 18.1 Å². The molecule has 0 radical (unpaired) electrons. The summed E-state index contributed by atoms with van der Waals surface area (Å²) in [5.74, 6) is 0.914. The fraction of sp³-hybridized carbons (Fsp3) is 0.300. The zero-order valence-electron chi connectivity index (χ0n) is 8.62. The van der Waals surface area contributed by atoms with Crippen molar-refractivity contribution in [2.45, 2.75) is 13.5 Å². The Labute approximate surface area is 101 Å². The second-order valence-electron chi connectivity index (χ2n) is 3.38. The number of halogens is 1. The minimum atomic E-state index is 0.820. The number of imidazole rings is 1. The zero-order chi connectivity index (χ0) is 10.8. The van der Waals surface area contributed by atoms with Gasteiger partial charge in [-0.3, -0.25) is 0 Å². The minimum absolute atomic E-state index is 0.820. The van der Waals surface area contributed by atoms with Gasteiger partial charge >= 0.3 is 0 Å². The van der Waals surface area contributed by atoms with Crippen LogP contribution in [0.1, 0.15) is 10.6 Å². The Morgan fingerprint density at radius 1 is 1.53 bits per heavy atom. The van der Waals surface area contributed by atoms with Gasteiger partial charge in [-0.1, -0.05) is 0 Å². The fourth-order valence-electron chi connectivity index (χ4n) is 1.39. The number of nitrogens with one attached hydrogen (secondary N) is 1. The molecule has 0 unspecified atom stereocenters. The van der Waals surface area contributed by atoms with Crippen LogP contribution in [0.3, 0.4) is 0 Å². The van der Waals surface area contributed by atoms with Crippen LogP contribution in [0.5, 0.6) is 0 Å². The van der Waals surface area contributed by atoms with Gasteiger partial charge in [-0.05, 0) is 35.0 Å². The lowest BCUT2D eigenvalue weighted by Crippen LogP contribution is -2.03. The molecule has 0 atom stereocenters. The summed E-state index contributed by atoms with van der Waals surface area (Å²) in [6.07, 6.45) is 2.01. The van der Waals surface area contributed by atoms with E-state index in [1.54, 1.807) is 11.3 Å². The number of thiophene rings is 1. The Bertz CT molecular complexity index is 461. The smallest absolute Gasteiger partial charge is 0.203 e. The SMILES string of the molecule is Cc1cn(C)c(NCc2ccc(Br)s2)n1. The molecule has 0 bridgehead atoms. The highest BCUT2D eigenvalue weighted by Gasteiger charge is 2.02. The van der Waals surface area contributed by atoms with Crippen molar-refractivity contribution in [1.29, 1.82) is 0 Å². The van der Waals surface area contributed by atoms with Crippen molar-refractivity contribution in [2.24, 2.45) is 7.05 Å². The number of rotatable bonds is 3. The molecule has 80 valence electrons. The molecule has 3 nitrogen and oxygen atoms in total. The van der Waals surface area contributed by atoms with Gasteiger partial charge < -0.3 is 9.88 Å². The van der Waals surface area contributed by atoms with Gasteiger partial charge in [0.25, 0.3) is 0 Å². The monoisotopic (exact) mass is 285 g/mol. The number of hydrogen-bond donors (Lipinski definition) is 1. The average molecular weight is 286 g/mol. The van der Waals surface area contributed by atoms with E-state index in [-0.39, 0.29) is 0 Å². The van der Waals surface area contributed by atoms with Crippen LogP contribution in [0.4, 0.5) is 5.95 Å². The molecule has 0 spiro atoms. The van der Waals surface area contributed by atoms with E-state index in [0.29, 0.717) is 0 Å². The molecule has 0 aliphatic rings. The van der Waals surface area contributed by atoms with Crippen LogP contribution in [0.25, 0.3) is 0 Å². The number of nitrogens with zero attached hydrogens (tertiary/aromatic N) is 2. The Balaban J connectivity index is 2.01. The Morgan fingerprint density at radius 3 is 2.87 bits per heavy atom. The molecule has 0 fully saturated rings. The second-order valence-corrected chi connectivity index (χ2v) is 5.92. The van der Waals surface area contributed by atoms with E-state index in [4.69, 9.17) is 0 Å². The molecular weight excluding hydrogens is 274 g/mol. The summed E-state index contributed by atoms with van der Waals surface area (Å²) in [4.78, 5) is 5.67. The molecule has 0 saturated carbocycles. The van der Waals surface area contributed by atoms with Gasteiger partial charge in [0.15, 0.2) is 0 Å². The molecule has 5 heteroatoms. The number of aromatic nitrogens is 2. The highest BCUT2D eigenvalue weighted by molar-refractivity contribution is 9.11. The topological polar surface area (TPSA) is 29.9 Å². The van der Waals surface area contributed by atoms with Gasteiger partial charge in [0.05, 0.1) is 16.0 Å². The number of anilines is 1. The molecule has 2 rings (SSSR count). The van der Waals surface area contributed by atoms with E-state index in [1.165, 1.54) is 4.88 Å². The van der Waals surface area contributed by atoms with Crippen molar-refractivity contribution in [3.8, 4) is 0 Å². The lowest BCUT2D eigenvalue weighted by Gasteiger charge is -2.03. The zero-order valence-corrected chi connectivity index (χ0v) is 11.0. The van der Waals surface area contributed by atoms with Gasteiger partial charge in [-0.25, -0.2) is 4.98 Å². The quantitative estimate of drug-likeness (QED) is 0.939. The minimum Gasteiger partial charge on any atom is -0.351 e. The van der Waals surface area contributed by atoms with E-state index in [1.807, 2.05) is 24.7 Å². The molecule has 2 aromatic rings. The van der Waals surface area contributed by atoms with E-state index < -0.39 is 0 Å². The lowest BCUT2D eigenvalue weighted by atomic mass is 10.5. The fourth-order valence-corrected chi connectivity index (χ4v) is 2.82. The van der Waals surface area contributed by atoms with Gasteiger partial charge in [-0.15, -0.1) is 11.3 Å². The first-order chi connectivity index (χ1) is 7.15. The highest BCUT2D eigenvalue weighted by Crippen LogP contribution is 2.22. The first-order valence-electron chi connectivity index (χ1n) is 4.63. The summed E-state index contributed by atoms with van der Waals surface area (Å²) in [7, 11) is 1.99. The van der Waals surface area contributed by atoms with Crippen LogP contribution in [-0.4, -0.2) is 9.55 Å². The predicted molar refractivity (Wildman–Crippen MR) is 67.3 cm³/mol. The first-order valence-corrected chi connectivity index (χ1v) is 6.24. The standard InChI is InChI=1S/C10H12BrN3S/c1-7-6-14(2)10(13-7)12-5-8-3-4-9(11)15-8/h3-4,6H,5H2,1-2H3,(H,12,13). The van der Waals surface area contributed by atoms with Crippen LogP contribution in [0, 0.1) is 6.92 Å². The van der Waals surface area contributed by atoms with Crippen molar-refractivity contribution in [3.05, 3.63) is 32.7 Å². The van der Waals surface area contributed by atoms with Crippen molar-refractivity contribution in [2.75, 3.05) is 5.32 Å². The highest BCUT2D eigenvalue weighted by atomic mass is 79.9. The van der Waals surface area contributed by atoms with Crippen LogP contribution in [0.15, 0.2) is 22.1 Å². The van der Waals surface area contributed by atoms with Crippen LogP contribution in [-0.2, 0) is 13.6 Å². The van der Waals surface area contributed by atoms with E-state index in [2.05, 4.69) is 38.4 Å². The third-order valence-corrected chi connectivity index (χ3v) is 3.67. The summed E-state index contributed by atoms with van der Waals surface area (Å²) in [6.45, 7) is 2.81. The summed E-state index contributed by atoms with van der Waals surface area (Å²) >= 11 is 5.18. The Morgan fingerprint density at radius 2 is 2.33 bits per heavy atom. The normalized spacial score (nSPS) is 10.6. The molecule has 0 aliphatic carbocycles. The Hall–Kier alpha value is -0.810. The first kappa shape index (κ1) is 10.7. The third kappa shape index (κ3) is 2.60. The maximum Gasteiger partial charge on any atom is 0.203 e.